The van der Waals surface area contributed by atoms with E-state index in [9.17, 15) is 0 Å². The van der Waals surface area contributed by atoms with Gasteiger partial charge in [0.05, 0.1) is 0 Å². The highest BCUT2D eigenvalue weighted by Crippen LogP contribution is 2.52. The average Bonchev–Trinajstić information content (AvgIpc) is 2.84. The van der Waals surface area contributed by atoms with Crippen molar-refractivity contribution in [2.75, 3.05) is 5.32 Å². The molecule has 2 aliphatic rings. The van der Waals surface area contributed by atoms with Gasteiger partial charge in [-0.25, -0.2) is 4.98 Å². The number of nitrogens with one attached hydrogen (secondary N) is 1. The van der Waals surface area contributed by atoms with Crippen LogP contribution in [0.25, 0.3) is 0 Å². The molecule has 0 spiro atoms. The van der Waals surface area contributed by atoms with Gasteiger partial charge in [-0.2, -0.15) is 0 Å². The van der Waals surface area contributed by atoms with Crippen LogP contribution in [0.3, 0.4) is 0 Å². The lowest BCUT2D eigenvalue weighted by molar-refractivity contribution is 0.654. The molecular formula is C11H13ClN2. The number of nitrogens with zero attached hydrogens (tertiary/aromatic N) is 1. The summed E-state index contributed by atoms with van der Waals surface area (Å²) in [6.07, 6.45) is 5.90. The van der Waals surface area contributed by atoms with Gasteiger partial charge in [-0.05, 0) is 43.2 Å². The largest absolute Gasteiger partial charge is 0.382 e. The Morgan fingerprint density at radius 2 is 2.36 bits per heavy atom. The first-order valence-corrected chi connectivity index (χ1v) is 5.59. The van der Waals surface area contributed by atoms with Gasteiger partial charge < -0.3 is 5.32 Å². The molecule has 74 valence electrons. The van der Waals surface area contributed by atoms with Gasteiger partial charge in [0, 0.05) is 17.9 Å². The van der Waals surface area contributed by atoms with Gasteiger partial charge >= 0.3 is 0 Å². The van der Waals surface area contributed by atoms with E-state index < -0.39 is 0 Å². The minimum atomic E-state index is 0.570. The minimum absolute atomic E-state index is 0.570. The van der Waals surface area contributed by atoms with Gasteiger partial charge in [0.25, 0.3) is 0 Å². The SMILES string of the molecule is Clc1cc(NC2CCC3CC32)ccn1. The zero-order valence-electron chi connectivity index (χ0n) is 7.91. The molecule has 2 saturated carbocycles. The zero-order chi connectivity index (χ0) is 9.54. The second kappa shape index (κ2) is 3.13. The lowest BCUT2D eigenvalue weighted by Gasteiger charge is -2.15. The smallest absolute Gasteiger partial charge is 0.131 e. The third-order valence-electron chi connectivity index (χ3n) is 3.42. The van der Waals surface area contributed by atoms with Crippen LogP contribution in [0.15, 0.2) is 18.3 Å². The zero-order valence-corrected chi connectivity index (χ0v) is 8.67. The third-order valence-corrected chi connectivity index (χ3v) is 3.63. The highest BCUT2D eigenvalue weighted by molar-refractivity contribution is 6.29. The summed E-state index contributed by atoms with van der Waals surface area (Å²) in [6.45, 7) is 0. The van der Waals surface area contributed by atoms with E-state index in [4.69, 9.17) is 11.6 Å². The van der Waals surface area contributed by atoms with Crippen LogP contribution in [0.2, 0.25) is 5.15 Å². The summed E-state index contributed by atoms with van der Waals surface area (Å²) < 4.78 is 0. The second-order valence-corrected chi connectivity index (χ2v) is 4.74. The normalized spacial score (nSPS) is 33.9. The number of pyridine rings is 1. The Kier molecular flexibility index (Phi) is 1.91. The summed E-state index contributed by atoms with van der Waals surface area (Å²) in [4.78, 5) is 3.97. The van der Waals surface area contributed by atoms with E-state index >= 15 is 0 Å². The van der Waals surface area contributed by atoms with E-state index in [1.165, 1.54) is 19.3 Å². The first kappa shape index (κ1) is 8.54. The third kappa shape index (κ3) is 1.48. The Balaban J connectivity index is 1.71. The van der Waals surface area contributed by atoms with Gasteiger partial charge in [-0.1, -0.05) is 11.6 Å². The molecular weight excluding hydrogens is 196 g/mol. The fourth-order valence-electron chi connectivity index (χ4n) is 2.59. The molecule has 3 heteroatoms. The Morgan fingerprint density at radius 1 is 1.43 bits per heavy atom. The highest BCUT2D eigenvalue weighted by atomic mass is 35.5. The van der Waals surface area contributed by atoms with Crippen molar-refractivity contribution in [3.63, 3.8) is 0 Å². The van der Waals surface area contributed by atoms with Gasteiger partial charge in [0.1, 0.15) is 5.15 Å². The molecule has 2 fully saturated rings. The summed E-state index contributed by atoms with van der Waals surface area (Å²) in [5.74, 6) is 1.95. The van der Waals surface area contributed by atoms with Gasteiger partial charge in [-0.15, -0.1) is 0 Å². The number of hydrogen-bond acceptors (Lipinski definition) is 2. The van der Waals surface area contributed by atoms with Gasteiger partial charge in [0.2, 0.25) is 0 Å². The Morgan fingerprint density at radius 3 is 3.00 bits per heavy atom. The fourth-order valence-corrected chi connectivity index (χ4v) is 2.76. The summed E-state index contributed by atoms with van der Waals surface area (Å²) in [5.41, 5.74) is 1.11. The quantitative estimate of drug-likeness (QED) is 0.756. The van der Waals surface area contributed by atoms with Crippen molar-refractivity contribution >= 4 is 17.3 Å². The lowest BCUT2D eigenvalue weighted by atomic mass is 10.1. The Labute approximate surface area is 88.7 Å². The number of fused-ring (bicyclic) bond motifs is 1. The molecule has 0 radical (unpaired) electrons. The predicted octanol–water partition coefficient (Wildman–Crippen LogP) is 2.95. The number of aromatic nitrogens is 1. The molecule has 1 N–H and O–H groups in total. The molecule has 2 aliphatic carbocycles. The molecule has 0 aliphatic heterocycles. The Bertz CT molecular complexity index is 353. The molecule has 0 aromatic carbocycles. The fraction of sp³-hybridized carbons (Fsp3) is 0.545. The highest BCUT2D eigenvalue weighted by Gasteiger charge is 2.47. The van der Waals surface area contributed by atoms with Crippen LogP contribution in [0.4, 0.5) is 5.69 Å². The van der Waals surface area contributed by atoms with Crippen LogP contribution in [0.1, 0.15) is 19.3 Å². The summed E-state index contributed by atoms with van der Waals surface area (Å²) in [5, 5.41) is 4.12. The number of halogens is 1. The van der Waals surface area contributed by atoms with E-state index in [0.717, 1.165) is 17.5 Å². The van der Waals surface area contributed by atoms with Gasteiger partial charge in [-0.3, -0.25) is 0 Å². The summed E-state index contributed by atoms with van der Waals surface area (Å²) >= 11 is 5.83. The molecule has 3 atom stereocenters. The van der Waals surface area contributed by atoms with E-state index in [1.807, 2.05) is 12.1 Å². The van der Waals surface area contributed by atoms with Crippen LogP contribution in [0.5, 0.6) is 0 Å². The van der Waals surface area contributed by atoms with Crippen molar-refractivity contribution in [2.24, 2.45) is 11.8 Å². The van der Waals surface area contributed by atoms with Crippen LogP contribution in [-0.4, -0.2) is 11.0 Å². The van der Waals surface area contributed by atoms with Crippen molar-refractivity contribution in [2.45, 2.75) is 25.3 Å². The number of anilines is 1. The summed E-state index contributed by atoms with van der Waals surface area (Å²) in [6, 6.07) is 4.57. The molecule has 1 aromatic rings. The van der Waals surface area contributed by atoms with E-state index in [0.29, 0.717) is 11.2 Å². The molecule has 3 unspecified atom stereocenters. The number of hydrogen-bond donors (Lipinski definition) is 1. The maximum absolute atomic E-state index is 5.83. The first-order valence-electron chi connectivity index (χ1n) is 5.21. The maximum atomic E-state index is 5.83. The van der Waals surface area contributed by atoms with Crippen molar-refractivity contribution in [1.82, 2.24) is 4.98 Å². The molecule has 3 rings (SSSR count). The van der Waals surface area contributed by atoms with Crippen molar-refractivity contribution in [3.8, 4) is 0 Å². The standard InChI is InChI=1S/C11H13ClN2/c12-11-6-8(3-4-13-11)14-10-2-1-7-5-9(7)10/h3-4,6-7,9-10H,1-2,5H2,(H,13,14). The van der Waals surface area contributed by atoms with Crippen molar-refractivity contribution in [1.29, 1.82) is 0 Å². The topological polar surface area (TPSA) is 24.9 Å². The van der Waals surface area contributed by atoms with Crippen molar-refractivity contribution < 1.29 is 0 Å². The van der Waals surface area contributed by atoms with Crippen molar-refractivity contribution in [3.05, 3.63) is 23.5 Å². The minimum Gasteiger partial charge on any atom is -0.382 e. The summed E-state index contributed by atoms with van der Waals surface area (Å²) in [7, 11) is 0. The lowest BCUT2D eigenvalue weighted by Crippen LogP contribution is -2.18. The molecule has 1 aromatic heterocycles. The monoisotopic (exact) mass is 208 g/mol. The molecule has 14 heavy (non-hydrogen) atoms. The number of rotatable bonds is 2. The van der Waals surface area contributed by atoms with Crippen LogP contribution in [0, 0.1) is 11.8 Å². The first-order chi connectivity index (χ1) is 6.83. The van der Waals surface area contributed by atoms with Crippen LogP contribution in [-0.2, 0) is 0 Å². The molecule has 0 saturated heterocycles. The Hall–Kier alpha value is -0.760. The van der Waals surface area contributed by atoms with Gasteiger partial charge in [0.15, 0.2) is 0 Å². The molecule has 2 nitrogen and oxygen atoms in total. The van der Waals surface area contributed by atoms with E-state index in [2.05, 4.69) is 10.3 Å². The van der Waals surface area contributed by atoms with E-state index in [1.54, 1.807) is 6.20 Å². The van der Waals surface area contributed by atoms with Crippen LogP contribution >= 0.6 is 11.6 Å². The molecule has 0 amide bonds. The van der Waals surface area contributed by atoms with E-state index in [-0.39, 0.29) is 0 Å². The maximum Gasteiger partial charge on any atom is 0.131 e. The predicted molar refractivity (Wildman–Crippen MR) is 57.5 cm³/mol. The molecule has 0 bridgehead atoms. The van der Waals surface area contributed by atoms with Crippen LogP contribution < -0.4 is 5.32 Å². The molecule has 1 heterocycles. The second-order valence-electron chi connectivity index (χ2n) is 4.36. The average molecular weight is 209 g/mol.